The summed E-state index contributed by atoms with van der Waals surface area (Å²) in [5.41, 5.74) is -0.456. The maximum atomic E-state index is 12.8. The van der Waals surface area contributed by atoms with Crippen LogP contribution in [0.4, 0.5) is 24.5 Å². The van der Waals surface area contributed by atoms with Crippen LogP contribution in [-0.4, -0.2) is 33.4 Å². The monoisotopic (exact) mass is 465 g/mol. The fraction of sp³-hybridized carbons (Fsp3) is 0.158. The number of nitro groups is 1. The molecule has 0 spiro atoms. The van der Waals surface area contributed by atoms with Gasteiger partial charge in [0.05, 0.1) is 16.7 Å². The van der Waals surface area contributed by atoms with Gasteiger partial charge in [-0.3, -0.25) is 19.7 Å². The van der Waals surface area contributed by atoms with Crippen molar-refractivity contribution in [2.24, 2.45) is 10.2 Å². The first kappa shape index (κ1) is 22.9. The number of halogens is 3. The van der Waals surface area contributed by atoms with E-state index in [-0.39, 0.29) is 23.0 Å². The summed E-state index contributed by atoms with van der Waals surface area (Å²) in [6.07, 6.45) is -3.49. The highest BCUT2D eigenvalue weighted by Gasteiger charge is 2.33. The van der Waals surface area contributed by atoms with Gasteiger partial charge in [0.25, 0.3) is 5.69 Å². The molecular weight excluding hydrogens is 451 g/mol. The molecule has 1 fully saturated rings. The maximum absolute atomic E-state index is 12.8. The molecule has 0 aliphatic carbocycles. The summed E-state index contributed by atoms with van der Waals surface area (Å²) >= 11 is 0.952. The largest absolute Gasteiger partial charge is 0.416 e. The fourth-order valence-electron chi connectivity index (χ4n) is 2.57. The van der Waals surface area contributed by atoms with Crippen LogP contribution in [0, 0.1) is 10.1 Å². The van der Waals surface area contributed by atoms with E-state index in [1.807, 2.05) is 0 Å². The average molecular weight is 465 g/mol. The Balaban J connectivity index is 1.56. The molecule has 3 rings (SSSR count). The summed E-state index contributed by atoms with van der Waals surface area (Å²) in [4.78, 5) is 34.3. The molecule has 0 radical (unpaired) electrons. The number of nitrogens with one attached hydrogen (secondary N) is 2. The molecule has 1 aliphatic heterocycles. The SMILES string of the molecule is O=C(CC1S/C(=N/N=C/c2ccc([N+](=O)[O-])cc2)NC1=O)Nc1cccc(C(F)(F)F)c1. The Morgan fingerprint density at radius 1 is 1.25 bits per heavy atom. The van der Waals surface area contributed by atoms with Crippen molar-refractivity contribution in [1.82, 2.24) is 5.32 Å². The van der Waals surface area contributed by atoms with E-state index in [4.69, 9.17) is 0 Å². The van der Waals surface area contributed by atoms with Crippen LogP contribution < -0.4 is 10.6 Å². The van der Waals surface area contributed by atoms with Crippen LogP contribution >= 0.6 is 11.8 Å². The first-order chi connectivity index (χ1) is 15.1. The number of non-ortho nitro benzene ring substituents is 1. The van der Waals surface area contributed by atoms with E-state index in [9.17, 15) is 32.9 Å². The van der Waals surface area contributed by atoms with E-state index >= 15 is 0 Å². The van der Waals surface area contributed by atoms with Gasteiger partial charge in [-0.2, -0.15) is 18.3 Å². The Morgan fingerprint density at radius 2 is 1.97 bits per heavy atom. The molecule has 1 heterocycles. The van der Waals surface area contributed by atoms with Gasteiger partial charge < -0.3 is 10.6 Å². The Bertz CT molecular complexity index is 1100. The molecule has 0 saturated carbocycles. The molecule has 0 aromatic heterocycles. The minimum absolute atomic E-state index is 0.0326. The van der Waals surface area contributed by atoms with Crippen molar-refractivity contribution < 1.29 is 27.7 Å². The van der Waals surface area contributed by atoms with Gasteiger partial charge in [-0.15, -0.1) is 5.10 Å². The van der Waals surface area contributed by atoms with Crippen molar-refractivity contribution in [1.29, 1.82) is 0 Å². The van der Waals surface area contributed by atoms with Crippen molar-refractivity contribution >= 4 is 46.3 Å². The number of rotatable bonds is 6. The predicted octanol–water partition coefficient (Wildman–Crippen LogP) is 3.56. The third-order valence-electron chi connectivity index (χ3n) is 4.08. The lowest BCUT2D eigenvalue weighted by Crippen LogP contribution is -2.28. The first-order valence-electron chi connectivity index (χ1n) is 8.92. The third kappa shape index (κ3) is 6.14. The van der Waals surface area contributed by atoms with E-state index in [1.165, 1.54) is 42.6 Å². The van der Waals surface area contributed by atoms with Gasteiger partial charge in [0.2, 0.25) is 11.8 Å². The van der Waals surface area contributed by atoms with Gasteiger partial charge in [-0.25, -0.2) is 0 Å². The molecule has 2 amide bonds. The second-order valence-electron chi connectivity index (χ2n) is 6.42. The zero-order chi connectivity index (χ0) is 23.3. The van der Waals surface area contributed by atoms with Crippen LogP contribution in [0.2, 0.25) is 0 Å². The average Bonchev–Trinajstić information content (AvgIpc) is 3.07. The molecule has 166 valence electrons. The number of thioether (sulfide) groups is 1. The second kappa shape index (κ2) is 9.60. The van der Waals surface area contributed by atoms with E-state index in [2.05, 4.69) is 20.8 Å². The minimum Gasteiger partial charge on any atom is -0.326 e. The number of anilines is 1. The molecule has 2 aromatic rings. The number of nitrogens with zero attached hydrogens (tertiary/aromatic N) is 3. The van der Waals surface area contributed by atoms with Crippen LogP contribution in [0.5, 0.6) is 0 Å². The Morgan fingerprint density at radius 3 is 2.62 bits per heavy atom. The van der Waals surface area contributed by atoms with Crippen molar-refractivity contribution in [3.63, 3.8) is 0 Å². The number of benzene rings is 2. The van der Waals surface area contributed by atoms with Crippen LogP contribution in [0.1, 0.15) is 17.5 Å². The molecule has 2 N–H and O–H groups in total. The molecule has 13 heteroatoms. The van der Waals surface area contributed by atoms with Gasteiger partial charge in [-0.05, 0) is 35.9 Å². The highest BCUT2D eigenvalue weighted by molar-refractivity contribution is 8.15. The number of hydrogen-bond acceptors (Lipinski definition) is 7. The molecule has 2 aromatic carbocycles. The highest BCUT2D eigenvalue weighted by Crippen LogP contribution is 2.31. The van der Waals surface area contributed by atoms with Gasteiger partial charge in [0.1, 0.15) is 5.25 Å². The molecule has 1 aliphatic rings. The van der Waals surface area contributed by atoms with E-state index < -0.39 is 33.7 Å². The second-order valence-corrected chi connectivity index (χ2v) is 7.62. The van der Waals surface area contributed by atoms with Crippen LogP contribution in [-0.2, 0) is 15.8 Å². The summed E-state index contributed by atoms with van der Waals surface area (Å²) < 4.78 is 38.3. The number of alkyl halides is 3. The summed E-state index contributed by atoms with van der Waals surface area (Å²) in [6, 6.07) is 9.74. The molecule has 1 atom stereocenters. The maximum Gasteiger partial charge on any atom is 0.416 e. The quantitative estimate of drug-likeness (QED) is 0.383. The van der Waals surface area contributed by atoms with Crippen molar-refractivity contribution in [2.75, 3.05) is 5.32 Å². The zero-order valence-corrected chi connectivity index (χ0v) is 16.8. The number of carbonyl (C=O) groups is 2. The lowest BCUT2D eigenvalue weighted by molar-refractivity contribution is -0.384. The molecule has 1 unspecified atom stereocenters. The van der Waals surface area contributed by atoms with E-state index in [1.54, 1.807) is 0 Å². The standard InChI is InChI=1S/C19H14F3N5O4S/c20-19(21,22)12-2-1-3-13(8-12)24-16(28)9-15-17(29)25-18(32-15)26-23-10-11-4-6-14(7-5-11)27(30)31/h1-8,10,15H,9H2,(H,24,28)(H,25,26,29)/b23-10+. The zero-order valence-electron chi connectivity index (χ0n) is 16.0. The molecule has 1 saturated heterocycles. The van der Waals surface area contributed by atoms with E-state index in [0.29, 0.717) is 5.56 Å². The van der Waals surface area contributed by atoms with Crippen molar-refractivity contribution in [3.8, 4) is 0 Å². The predicted molar refractivity (Wildman–Crippen MR) is 112 cm³/mol. The summed E-state index contributed by atoms with van der Waals surface area (Å²) in [5.74, 6) is -1.12. The Labute approximate surface area is 182 Å². The summed E-state index contributed by atoms with van der Waals surface area (Å²) in [5, 5.41) is 22.4. The van der Waals surface area contributed by atoms with E-state index in [0.717, 1.165) is 23.9 Å². The number of hydrogen-bond donors (Lipinski definition) is 2. The first-order valence-corrected chi connectivity index (χ1v) is 9.80. The number of amidine groups is 1. The molecular formula is C19H14F3N5O4S. The number of amides is 2. The van der Waals surface area contributed by atoms with Gasteiger partial charge in [-0.1, -0.05) is 17.8 Å². The fourth-order valence-corrected chi connectivity index (χ4v) is 3.49. The highest BCUT2D eigenvalue weighted by atomic mass is 32.2. The summed E-state index contributed by atoms with van der Waals surface area (Å²) in [7, 11) is 0. The van der Waals surface area contributed by atoms with Crippen LogP contribution in [0.25, 0.3) is 0 Å². The minimum atomic E-state index is -4.54. The Hall–Kier alpha value is -3.74. The summed E-state index contributed by atoms with van der Waals surface area (Å²) in [6.45, 7) is 0. The normalized spacial score (nSPS) is 17.5. The van der Waals surface area contributed by atoms with Crippen LogP contribution in [0.3, 0.4) is 0 Å². The lowest BCUT2D eigenvalue weighted by Gasteiger charge is -2.10. The lowest BCUT2D eigenvalue weighted by atomic mass is 10.2. The van der Waals surface area contributed by atoms with Crippen LogP contribution in [0.15, 0.2) is 58.7 Å². The molecule has 0 bridgehead atoms. The third-order valence-corrected chi connectivity index (χ3v) is 5.15. The molecule has 9 nitrogen and oxygen atoms in total. The van der Waals surface area contributed by atoms with Gasteiger partial charge in [0, 0.05) is 24.2 Å². The number of nitro benzene ring substituents is 1. The Kier molecular flexibility index (Phi) is 6.88. The van der Waals surface area contributed by atoms with Gasteiger partial charge >= 0.3 is 6.18 Å². The number of carbonyl (C=O) groups excluding carboxylic acids is 2. The van der Waals surface area contributed by atoms with Crippen molar-refractivity contribution in [2.45, 2.75) is 17.8 Å². The topological polar surface area (TPSA) is 126 Å². The molecule has 32 heavy (non-hydrogen) atoms. The smallest absolute Gasteiger partial charge is 0.326 e. The van der Waals surface area contributed by atoms with Crippen molar-refractivity contribution in [3.05, 3.63) is 69.8 Å². The van der Waals surface area contributed by atoms with Gasteiger partial charge in [0.15, 0.2) is 5.17 Å².